The van der Waals surface area contributed by atoms with Crippen LogP contribution in [-0.4, -0.2) is 68.5 Å². The van der Waals surface area contributed by atoms with E-state index in [2.05, 4.69) is 20.3 Å². The second-order valence-electron chi connectivity index (χ2n) is 9.17. The van der Waals surface area contributed by atoms with Crippen molar-refractivity contribution in [3.05, 3.63) is 6.33 Å². The number of phosphoric ester groups is 1. The summed E-state index contributed by atoms with van der Waals surface area (Å²) < 4.78 is 52.5. The molecule has 0 bridgehead atoms. The average Bonchev–Trinajstić information content (AvgIpc) is 3.27. The van der Waals surface area contributed by atoms with Gasteiger partial charge in [-0.2, -0.15) is 9.97 Å². The Morgan fingerprint density at radius 3 is 2.88 bits per heavy atom. The fraction of sp³-hybridized carbons (Fsp3) is 0.684. The van der Waals surface area contributed by atoms with E-state index in [1.807, 2.05) is 0 Å². The standard InChI is InChI=1S/C19H28FN6O6PS/c1-18(2,3)16(27)34-7-6-29-33(28)30-8-10-12(32-33)19(4,20)15(31-10)26-9-23-11-13(22-5)24-17(21)25-14(11)26/h9-10,12,15H,6-8H2,1-5H3,(H3,21,22,24,25)/t10-,12-,15-,19-,33?/m1/s1. The molecule has 2 fully saturated rings. The van der Waals surface area contributed by atoms with Crippen LogP contribution in [0.1, 0.15) is 33.9 Å². The van der Waals surface area contributed by atoms with Crippen molar-refractivity contribution in [1.29, 1.82) is 0 Å². The van der Waals surface area contributed by atoms with E-state index in [0.717, 1.165) is 11.8 Å². The molecule has 12 nitrogen and oxygen atoms in total. The maximum atomic E-state index is 16.1. The van der Waals surface area contributed by atoms with Crippen LogP contribution in [0.15, 0.2) is 6.33 Å². The molecule has 2 aliphatic rings. The van der Waals surface area contributed by atoms with E-state index in [1.165, 1.54) is 17.8 Å². The van der Waals surface area contributed by atoms with Crippen LogP contribution in [0.5, 0.6) is 0 Å². The highest BCUT2D eigenvalue weighted by Gasteiger charge is 2.61. The van der Waals surface area contributed by atoms with Crippen LogP contribution in [-0.2, 0) is 27.7 Å². The number of alkyl halides is 1. The number of halogens is 1. The summed E-state index contributed by atoms with van der Waals surface area (Å²) in [5.74, 6) is 0.621. The first kappa shape index (κ1) is 25.3. The number of nitrogen functional groups attached to an aromatic ring is 1. The van der Waals surface area contributed by atoms with Gasteiger partial charge in [0.2, 0.25) is 5.95 Å². The maximum Gasteiger partial charge on any atom is 0.475 e. The molecule has 0 amide bonds. The van der Waals surface area contributed by atoms with Gasteiger partial charge in [0.15, 0.2) is 34.0 Å². The molecule has 188 valence electrons. The largest absolute Gasteiger partial charge is 0.475 e. The normalized spacial score (nSPS) is 31.5. The minimum Gasteiger partial charge on any atom is -0.371 e. The molecule has 2 aromatic rings. The zero-order valence-electron chi connectivity index (χ0n) is 19.5. The molecule has 0 aromatic carbocycles. The average molecular weight is 519 g/mol. The van der Waals surface area contributed by atoms with E-state index < -0.39 is 37.3 Å². The Hall–Kier alpha value is -1.83. The lowest BCUT2D eigenvalue weighted by Crippen LogP contribution is -2.44. The van der Waals surface area contributed by atoms with E-state index in [-0.39, 0.29) is 35.7 Å². The molecule has 4 rings (SSSR count). The van der Waals surface area contributed by atoms with Crippen molar-refractivity contribution in [2.24, 2.45) is 5.41 Å². The Kier molecular flexibility index (Phi) is 6.68. The molecule has 0 aliphatic carbocycles. The van der Waals surface area contributed by atoms with Crippen LogP contribution in [0.2, 0.25) is 0 Å². The van der Waals surface area contributed by atoms with Gasteiger partial charge in [0.25, 0.3) is 0 Å². The molecule has 2 aliphatic heterocycles. The van der Waals surface area contributed by atoms with E-state index in [1.54, 1.807) is 27.8 Å². The highest BCUT2D eigenvalue weighted by Crippen LogP contribution is 2.59. The fourth-order valence-corrected chi connectivity index (χ4v) is 6.06. The van der Waals surface area contributed by atoms with Crippen molar-refractivity contribution >= 4 is 47.6 Å². The topological polar surface area (TPSA) is 153 Å². The Labute approximate surface area is 200 Å². The van der Waals surface area contributed by atoms with Crippen molar-refractivity contribution in [3.63, 3.8) is 0 Å². The van der Waals surface area contributed by atoms with Gasteiger partial charge in [-0.3, -0.25) is 22.9 Å². The number of hydrogen-bond donors (Lipinski definition) is 2. The van der Waals surface area contributed by atoms with Gasteiger partial charge >= 0.3 is 7.82 Å². The number of ether oxygens (including phenoxy) is 1. The van der Waals surface area contributed by atoms with Gasteiger partial charge in [-0.1, -0.05) is 32.5 Å². The summed E-state index contributed by atoms with van der Waals surface area (Å²) in [7, 11) is -2.41. The molecule has 1 unspecified atom stereocenters. The third kappa shape index (κ3) is 4.67. The van der Waals surface area contributed by atoms with Crippen LogP contribution in [0, 0.1) is 5.41 Å². The fourth-order valence-electron chi connectivity index (χ4n) is 3.69. The van der Waals surface area contributed by atoms with Crippen molar-refractivity contribution in [3.8, 4) is 0 Å². The summed E-state index contributed by atoms with van der Waals surface area (Å²) in [6, 6.07) is 0. The van der Waals surface area contributed by atoms with E-state index in [0.29, 0.717) is 11.3 Å². The Morgan fingerprint density at radius 2 is 2.21 bits per heavy atom. The first-order valence-electron chi connectivity index (χ1n) is 10.6. The molecular formula is C19H28FN6O6PS. The van der Waals surface area contributed by atoms with Crippen LogP contribution < -0.4 is 11.1 Å². The molecule has 3 N–H and O–H groups in total. The summed E-state index contributed by atoms with van der Waals surface area (Å²) in [6.07, 6.45) is -1.91. The second-order valence-corrected chi connectivity index (χ2v) is 11.9. The van der Waals surface area contributed by atoms with Gasteiger partial charge in [0.05, 0.1) is 19.5 Å². The second kappa shape index (κ2) is 8.99. The number of carbonyl (C=O) groups excluding carboxylic acids is 1. The Bertz CT molecular complexity index is 1140. The number of hydrogen-bond acceptors (Lipinski definition) is 12. The molecular weight excluding hydrogens is 490 g/mol. The summed E-state index contributed by atoms with van der Waals surface area (Å²) >= 11 is 1.06. The molecule has 0 spiro atoms. The number of carbonyl (C=O) groups is 1. The number of nitrogens with zero attached hydrogens (tertiary/aromatic N) is 4. The van der Waals surface area contributed by atoms with Gasteiger partial charge in [0, 0.05) is 18.2 Å². The quantitative estimate of drug-likeness (QED) is 0.427. The highest BCUT2D eigenvalue weighted by atomic mass is 32.2. The van der Waals surface area contributed by atoms with Gasteiger partial charge < -0.3 is 15.8 Å². The third-order valence-electron chi connectivity index (χ3n) is 5.43. The molecule has 34 heavy (non-hydrogen) atoms. The lowest BCUT2D eigenvalue weighted by molar-refractivity contribution is -0.117. The smallest absolute Gasteiger partial charge is 0.371 e. The molecule has 5 atom stereocenters. The SMILES string of the molecule is CNc1nc(N)nc2c1ncn2[C@@H]1O[C@@H]2COP(=O)(OCCSC(=O)C(C)(C)C)O[C@H]2[C@@]1(C)F. The van der Waals surface area contributed by atoms with Crippen LogP contribution in [0.3, 0.4) is 0 Å². The lowest BCUT2D eigenvalue weighted by Gasteiger charge is -2.33. The monoisotopic (exact) mass is 518 g/mol. The zero-order chi connectivity index (χ0) is 24.9. The summed E-state index contributed by atoms with van der Waals surface area (Å²) in [5.41, 5.74) is 3.80. The van der Waals surface area contributed by atoms with E-state index in [9.17, 15) is 9.36 Å². The van der Waals surface area contributed by atoms with E-state index in [4.69, 9.17) is 24.0 Å². The number of fused-ring (bicyclic) bond motifs is 2. The molecule has 2 aromatic heterocycles. The summed E-state index contributed by atoms with van der Waals surface area (Å²) in [5, 5.41) is 2.85. The number of anilines is 2. The molecule has 0 saturated carbocycles. The number of nitrogens with one attached hydrogen (secondary N) is 1. The Balaban J connectivity index is 1.48. The first-order chi connectivity index (χ1) is 15.9. The molecule has 2 saturated heterocycles. The molecule has 4 heterocycles. The highest BCUT2D eigenvalue weighted by molar-refractivity contribution is 8.13. The van der Waals surface area contributed by atoms with Gasteiger partial charge in [-0.15, -0.1) is 0 Å². The number of phosphoric acid groups is 1. The molecule has 15 heteroatoms. The van der Waals surface area contributed by atoms with Gasteiger partial charge in [0.1, 0.15) is 12.2 Å². The predicted molar refractivity (Wildman–Crippen MR) is 124 cm³/mol. The third-order valence-corrected chi connectivity index (χ3v) is 8.12. The first-order valence-corrected chi connectivity index (χ1v) is 13.1. The predicted octanol–water partition coefficient (Wildman–Crippen LogP) is 2.92. The van der Waals surface area contributed by atoms with Crippen LogP contribution >= 0.6 is 19.6 Å². The van der Waals surface area contributed by atoms with Crippen LogP contribution in [0.4, 0.5) is 16.2 Å². The van der Waals surface area contributed by atoms with Crippen LogP contribution in [0.25, 0.3) is 11.2 Å². The van der Waals surface area contributed by atoms with Gasteiger partial charge in [-0.05, 0) is 6.92 Å². The number of thioether (sulfide) groups is 1. The number of nitrogens with two attached hydrogens (primary N) is 1. The maximum absolute atomic E-state index is 16.1. The number of imidazole rings is 1. The van der Waals surface area contributed by atoms with Gasteiger partial charge in [-0.25, -0.2) is 13.9 Å². The molecule has 0 radical (unpaired) electrons. The van der Waals surface area contributed by atoms with E-state index >= 15 is 4.39 Å². The lowest BCUT2D eigenvalue weighted by atomic mass is 9.98. The minimum absolute atomic E-state index is 0.0186. The minimum atomic E-state index is -4.06. The van der Waals surface area contributed by atoms with Crippen molar-refractivity contribution < 1.29 is 32.1 Å². The van der Waals surface area contributed by atoms with Crippen molar-refractivity contribution in [2.45, 2.75) is 51.8 Å². The van der Waals surface area contributed by atoms with Crippen molar-refractivity contribution in [2.75, 3.05) is 37.1 Å². The zero-order valence-corrected chi connectivity index (χ0v) is 21.2. The summed E-state index contributed by atoms with van der Waals surface area (Å²) in [6.45, 7) is 6.44. The Morgan fingerprint density at radius 1 is 1.47 bits per heavy atom. The summed E-state index contributed by atoms with van der Waals surface area (Å²) in [4.78, 5) is 24.5. The number of aromatic nitrogens is 4. The number of rotatable bonds is 6. The van der Waals surface area contributed by atoms with Crippen molar-refractivity contribution in [1.82, 2.24) is 19.5 Å².